The average molecular weight is 209 g/mol. The highest BCUT2D eigenvalue weighted by Crippen LogP contribution is 2.16. The fourth-order valence-corrected chi connectivity index (χ4v) is 1.29. The monoisotopic (exact) mass is 209 g/mol. The van der Waals surface area contributed by atoms with Crippen LogP contribution in [0.1, 0.15) is 12.0 Å². The average Bonchev–Trinajstić information content (AvgIpc) is 2.25. The Morgan fingerprint density at radius 3 is 2.80 bits per heavy atom. The van der Waals surface area contributed by atoms with Gasteiger partial charge in [0.2, 0.25) is 0 Å². The zero-order chi connectivity index (χ0) is 11.1. The number of nitro groups is 1. The SMILES string of the molecule is NCCCNCc1ccccc1[N+](=O)[O-]. The molecule has 82 valence electrons. The Morgan fingerprint density at radius 1 is 1.40 bits per heavy atom. The molecule has 1 aromatic carbocycles. The van der Waals surface area contributed by atoms with Gasteiger partial charge in [0.1, 0.15) is 0 Å². The van der Waals surface area contributed by atoms with Crippen molar-refractivity contribution in [3.05, 3.63) is 39.9 Å². The third-order valence-corrected chi connectivity index (χ3v) is 2.06. The van der Waals surface area contributed by atoms with Crippen molar-refractivity contribution < 1.29 is 4.92 Å². The van der Waals surface area contributed by atoms with Gasteiger partial charge in [-0.1, -0.05) is 18.2 Å². The van der Waals surface area contributed by atoms with E-state index < -0.39 is 0 Å². The molecule has 1 rings (SSSR count). The van der Waals surface area contributed by atoms with Crippen LogP contribution in [0.5, 0.6) is 0 Å². The number of benzene rings is 1. The van der Waals surface area contributed by atoms with Crippen molar-refractivity contribution in [1.29, 1.82) is 0 Å². The number of nitrogens with zero attached hydrogens (tertiary/aromatic N) is 1. The third kappa shape index (κ3) is 3.65. The lowest BCUT2D eigenvalue weighted by atomic mass is 10.2. The summed E-state index contributed by atoms with van der Waals surface area (Å²) in [7, 11) is 0. The van der Waals surface area contributed by atoms with Crippen molar-refractivity contribution in [3.8, 4) is 0 Å². The highest BCUT2D eigenvalue weighted by atomic mass is 16.6. The molecule has 0 spiro atoms. The van der Waals surface area contributed by atoms with E-state index in [1.165, 1.54) is 6.07 Å². The fourth-order valence-electron chi connectivity index (χ4n) is 1.29. The molecule has 0 amide bonds. The summed E-state index contributed by atoms with van der Waals surface area (Å²) in [5, 5.41) is 13.8. The standard InChI is InChI=1S/C10H15N3O2/c11-6-3-7-12-8-9-4-1-2-5-10(9)13(14)15/h1-2,4-5,12H,3,6-8,11H2. The molecule has 0 fully saturated rings. The lowest BCUT2D eigenvalue weighted by Crippen LogP contribution is -2.18. The van der Waals surface area contributed by atoms with E-state index in [1.807, 2.05) is 0 Å². The van der Waals surface area contributed by atoms with Crippen molar-refractivity contribution in [1.82, 2.24) is 5.32 Å². The van der Waals surface area contributed by atoms with Crippen LogP contribution in [0.2, 0.25) is 0 Å². The Balaban J connectivity index is 2.56. The number of rotatable bonds is 6. The summed E-state index contributed by atoms with van der Waals surface area (Å²) in [5.74, 6) is 0. The second-order valence-electron chi connectivity index (χ2n) is 3.20. The highest BCUT2D eigenvalue weighted by Gasteiger charge is 2.10. The van der Waals surface area contributed by atoms with Crippen LogP contribution in [0, 0.1) is 10.1 Å². The first-order chi connectivity index (χ1) is 7.25. The normalized spacial score (nSPS) is 10.2. The molecular weight excluding hydrogens is 194 g/mol. The molecule has 5 heteroatoms. The van der Waals surface area contributed by atoms with Crippen LogP contribution in [0.25, 0.3) is 0 Å². The molecule has 0 unspecified atom stereocenters. The zero-order valence-electron chi connectivity index (χ0n) is 8.48. The molecule has 3 N–H and O–H groups in total. The molecule has 0 aliphatic carbocycles. The largest absolute Gasteiger partial charge is 0.330 e. The summed E-state index contributed by atoms with van der Waals surface area (Å²) >= 11 is 0. The van der Waals surface area contributed by atoms with E-state index in [2.05, 4.69) is 5.32 Å². The Bertz CT molecular complexity index is 328. The summed E-state index contributed by atoms with van der Waals surface area (Å²) in [6.45, 7) is 1.92. The lowest BCUT2D eigenvalue weighted by Gasteiger charge is -2.04. The van der Waals surface area contributed by atoms with Crippen molar-refractivity contribution in [3.63, 3.8) is 0 Å². The van der Waals surface area contributed by atoms with Gasteiger partial charge >= 0.3 is 0 Å². The van der Waals surface area contributed by atoms with Crippen LogP contribution < -0.4 is 11.1 Å². The minimum Gasteiger partial charge on any atom is -0.330 e. The summed E-state index contributed by atoms with van der Waals surface area (Å²) in [5.41, 5.74) is 6.21. The van der Waals surface area contributed by atoms with Gasteiger partial charge in [-0.05, 0) is 19.5 Å². The summed E-state index contributed by atoms with van der Waals surface area (Å²) in [4.78, 5) is 10.3. The minimum absolute atomic E-state index is 0.165. The van der Waals surface area contributed by atoms with Crippen LogP contribution in [-0.4, -0.2) is 18.0 Å². The van der Waals surface area contributed by atoms with Crippen LogP contribution in [0.15, 0.2) is 24.3 Å². The number of nitro benzene ring substituents is 1. The van der Waals surface area contributed by atoms with Gasteiger partial charge in [0, 0.05) is 18.2 Å². The van der Waals surface area contributed by atoms with E-state index in [0.717, 1.165) is 13.0 Å². The van der Waals surface area contributed by atoms with Crippen molar-refractivity contribution in [2.24, 2.45) is 5.73 Å². The first-order valence-electron chi connectivity index (χ1n) is 4.89. The second-order valence-corrected chi connectivity index (χ2v) is 3.20. The maximum absolute atomic E-state index is 10.7. The van der Waals surface area contributed by atoms with Gasteiger partial charge in [-0.2, -0.15) is 0 Å². The van der Waals surface area contributed by atoms with E-state index in [0.29, 0.717) is 18.7 Å². The summed E-state index contributed by atoms with van der Waals surface area (Å²) in [6.07, 6.45) is 0.876. The molecule has 0 heterocycles. The number of hydrogen-bond donors (Lipinski definition) is 2. The predicted molar refractivity (Wildman–Crippen MR) is 58.5 cm³/mol. The summed E-state index contributed by atoms with van der Waals surface area (Å²) in [6, 6.07) is 6.74. The molecule has 0 aliphatic heterocycles. The van der Waals surface area contributed by atoms with Crippen LogP contribution in [0.3, 0.4) is 0 Å². The van der Waals surface area contributed by atoms with Crippen LogP contribution in [0.4, 0.5) is 5.69 Å². The molecule has 0 radical (unpaired) electrons. The molecule has 0 saturated carbocycles. The zero-order valence-corrected chi connectivity index (χ0v) is 8.48. The smallest absolute Gasteiger partial charge is 0.273 e. The number of hydrogen-bond acceptors (Lipinski definition) is 4. The van der Waals surface area contributed by atoms with Gasteiger partial charge in [0.05, 0.1) is 4.92 Å². The quantitative estimate of drug-likeness (QED) is 0.416. The third-order valence-electron chi connectivity index (χ3n) is 2.06. The Kier molecular flexibility index (Phi) is 4.73. The molecular formula is C10H15N3O2. The molecule has 0 bridgehead atoms. The Hall–Kier alpha value is -1.46. The number of nitrogens with two attached hydrogens (primary N) is 1. The van der Waals surface area contributed by atoms with E-state index in [4.69, 9.17) is 5.73 Å². The molecule has 0 saturated heterocycles. The second kappa shape index (κ2) is 6.10. The van der Waals surface area contributed by atoms with E-state index in [9.17, 15) is 10.1 Å². The van der Waals surface area contributed by atoms with Crippen LogP contribution in [-0.2, 0) is 6.54 Å². The van der Waals surface area contributed by atoms with Gasteiger partial charge in [-0.3, -0.25) is 10.1 Å². The first-order valence-corrected chi connectivity index (χ1v) is 4.89. The molecule has 15 heavy (non-hydrogen) atoms. The number of para-hydroxylation sites is 1. The molecule has 1 aromatic rings. The van der Waals surface area contributed by atoms with E-state index in [-0.39, 0.29) is 10.6 Å². The lowest BCUT2D eigenvalue weighted by molar-refractivity contribution is -0.385. The maximum atomic E-state index is 10.7. The van der Waals surface area contributed by atoms with E-state index in [1.54, 1.807) is 18.2 Å². The van der Waals surface area contributed by atoms with Crippen molar-refractivity contribution in [2.75, 3.05) is 13.1 Å². The topological polar surface area (TPSA) is 81.2 Å². The summed E-state index contributed by atoms with van der Waals surface area (Å²) < 4.78 is 0. The highest BCUT2D eigenvalue weighted by molar-refractivity contribution is 5.39. The van der Waals surface area contributed by atoms with E-state index >= 15 is 0 Å². The first kappa shape index (κ1) is 11.6. The molecule has 0 aliphatic rings. The Morgan fingerprint density at radius 2 is 2.13 bits per heavy atom. The minimum atomic E-state index is -0.361. The van der Waals surface area contributed by atoms with Gasteiger partial charge in [-0.25, -0.2) is 0 Å². The van der Waals surface area contributed by atoms with Gasteiger partial charge in [0.25, 0.3) is 5.69 Å². The Labute approximate surface area is 88.4 Å². The van der Waals surface area contributed by atoms with Gasteiger partial charge in [-0.15, -0.1) is 0 Å². The van der Waals surface area contributed by atoms with Crippen LogP contribution >= 0.6 is 0 Å². The molecule has 5 nitrogen and oxygen atoms in total. The maximum Gasteiger partial charge on any atom is 0.273 e. The molecule has 0 aromatic heterocycles. The van der Waals surface area contributed by atoms with Crippen molar-refractivity contribution in [2.45, 2.75) is 13.0 Å². The predicted octanol–water partition coefficient (Wildman–Crippen LogP) is 1.03. The van der Waals surface area contributed by atoms with Gasteiger partial charge in [0.15, 0.2) is 0 Å². The molecule has 0 atom stereocenters. The number of nitrogens with one attached hydrogen (secondary N) is 1. The fraction of sp³-hybridized carbons (Fsp3) is 0.400. The van der Waals surface area contributed by atoms with Crippen molar-refractivity contribution >= 4 is 5.69 Å². The van der Waals surface area contributed by atoms with Gasteiger partial charge < -0.3 is 11.1 Å².